The molecule has 0 aliphatic heterocycles. The summed E-state index contributed by atoms with van der Waals surface area (Å²) in [4.78, 5) is 0. The summed E-state index contributed by atoms with van der Waals surface area (Å²) >= 11 is 0. The lowest BCUT2D eigenvalue weighted by molar-refractivity contribution is 0.0281. The largest absolute Gasteiger partial charge is 0.384 e. The third kappa shape index (κ3) is 6.19. The smallest absolute Gasteiger partial charge is 0.0664 e. The number of benzene rings is 1. The van der Waals surface area contributed by atoms with E-state index in [-0.39, 0.29) is 6.10 Å². The van der Waals surface area contributed by atoms with Crippen LogP contribution >= 0.6 is 0 Å². The summed E-state index contributed by atoms with van der Waals surface area (Å²) in [6, 6.07) is 10.6. The second kappa shape index (κ2) is 10.8. The van der Waals surface area contributed by atoms with E-state index in [9.17, 15) is 0 Å². The lowest BCUT2D eigenvalue weighted by atomic mass is 9.85. The summed E-state index contributed by atoms with van der Waals surface area (Å²) in [5.41, 5.74) is 1.32. The third-order valence-electron chi connectivity index (χ3n) is 4.43. The molecule has 1 rings (SSSR count). The van der Waals surface area contributed by atoms with Gasteiger partial charge < -0.3 is 9.47 Å². The molecule has 0 spiro atoms. The van der Waals surface area contributed by atoms with Crippen LogP contribution in [-0.4, -0.2) is 26.9 Å². The average Bonchev–Trinajstić information content (AvgIpc) is 2.54. The fourth-order valence-electron chi connectivity index (χ4n) is 3.03. The van der Waals surface area contributed by atoms with Crippen LogP contribution in [0.25, 0.3) is 0 Å². The van der Waals surface area contributed by atoms with Crippen LogP contribution in [0.4, 0.5) is 0 Å². The summed E-state index contributed by atoms with van der Waals surface area (Å²) in [6.45, 7) is 5.27. The lowest BCUT2D eigenvalue weighted by Crippen LogP contribution is -2.27. The highest BCUT2D eigenvalue weighted by molar-refractivity contribution is 5.21. The Bertz CT molecular complexity index is 350. The Morgan fingerprint density at radius 3 is 2.29 bits per heavy atom. The highest BCUT2D eigenvalue weighted by atomic mass is 16.5. The van der Waals surface area contributed by atoms with Gasteiger partial charge in [0.05, 0.1) is 12.7 Å². The van der Waals surface area contributed by atoms with Crippen LogP contribution in [0, 0.1) is 5.92 Å². The van der Waals surface area contributed by atoms with Gasteiger partial charge in [0, 0.05) is 20.1 Å². The van der Waals surface area contributed by atoms with Gasteiger partial charge in [-0.25, -0.2) is 0 Å². The molecule has 0 heterocycles. The van der Waals surface area contributed by atoms with Crippen LogP contribution in [0.3, 0.4) is 0 Å². The highest BCUT2D eigenvalue weighted by Crippen LogP contribution is 2.29. The maximum Gasteiger partial charge on any atom is 0.0664 e. The summed E-state index contributed by atoms with van der Waals surface area (Å²) in [6.07, 6.45) is 6.48. The first kappa shape index (κ1) is 18.2. The molecule has 0 amide bonds. The SMILES string of the molecule is CCCCC(CC)CC(OC)C(COC)c1ccccc1. The molecule has 3 unspecified atom stereocenters. The van der Waals surface area contributed by atoms with E-state index in [0.29, 0.717) is 12.5 Å². The summed E-state index contributed by atoms with van der Waals surface area (Å²) in [5.74, 6) is 1.06. The molecule has 120 valence electrons. The second-order valence-corrected chi connectivity index (χ2v) is 5.90. The van der Waals surface area contributed by atoms with Gasteiger partial charge in [-0.2, -0.15) is 0 Å². The van der Waals surface area contributed by atoms with Gasteiger partial charge in [0.2, 0.25) is 0 Å². The molecule has 0 saturated heterocycles. The highest BCUT2D eigenvalue weighted by Gasteiger charge is 2.25. The van der Waals surface area contributed by atoms with E-state index in [0.717, 1.165) is 12.3 Å². The Morgan fingerprint density at radius 2 is 1.76 bits per heavy atom. The van der Waals surface area contributed by atoms with Crippen molar-refractivity contribution in [2.75, 3.05) is 20.8 Å². The number of methoxy groups -OCH3 is 2. The Morgan fingerprint density at radius 1 is 1.05 bits per heavy atom. The van der Waals surface area contributed by atoms with Crippen molar-refractivity contribution in [3.8, 4) is 0 Å². The van der Waals surface area contributed by atoms with Crippen LogP contribution in [0.15, 0.2) is 30.3 Å². The lowest BCUT2D eigenvalue weighted by Gasteiger charge is -2.29. The van der Waals surface area contributed by atoms with Crippen LogP contribution in [0.5, 0.6) is 0 Å². The Balaban J connectivity index is 2.77. The number of ether oxygens (including phenoxy) is 2. The summed E-state index contributed by atoms with van der Waals surface area (Å²) in [7, 11) is 3.61. The maximum absolute atomic E-state index is 5.85. The predicted molar refractivity (Wildman–Crippen MR) is 89.8 cm³/mol. The molecule has 1 aromatic rings. The van der Waals surface area contributed by atoms with Gasteiger partial charge in [-0.15, -0.1) is 0 Å². The van der Waals surface area contributed by atoms with E-state index in [4.69, 9.17) is 9.47 Å². The normalized spacial score (nSPS) is 15.6. The fraction of sp³-hybridized carbons (Fsp3) is 0.684. The van der Waals surface area contributed by atoms with Crippen molar-refractivity contribution in [2.45, 2.75) is 58.0 Å². The number of unbranched alkanes of at least 4 members (excludes halogenated alkanes) is 1. The third-order valence-corrected chi connectivity index (χ3v) is 4.43. The number of hydrogen-bond acceptors (Lipinski definition) is 2. The van der Waals surface area contributed by atoms with Gasteiger partial charge in [-0.1, -0.05) is 69.9 Å². The number of rotatable bonds is 11. The molecule has 0 saturated carbocycles. The molecule has 0 radical (unpaired) electrons. The van der Waals surface area contributed by atoms with Gasteiger partial charge in [-0.3, -0.25) is 0 Å². The van der Waals surface area contributed by atoms with Gasteiger partial charge in [-0.05, 0) is 17.9 Å². The minimum atomic E-state index is 0.231. The van der Waals surface area contributed by atoms with Crippen molar-refractivity contribution in [1.82, 2.24) is 0 Å². The molecule has 0 bridgehead atoms. The molecular weight excluding hydrogens is 260 g/mol. The van der Waals surface area contributed by atoms with Crippen molar-refractivity contribution in [3.63, 3.8) is 0 Å². The van der Waals surface area contributed by atoms with E-state index >= 15 is 0 Å². The fourth-order valence-corrected chi connectivity index (χ4v) is 3.03. The topological polar surface area (TPSA) is 18.5 Å². The molecule has 0 N–H and O–H groups in total. The average molecular weight is 292 g/mol. The first-order valence-electron chi connectivity index (χ1n) is 8.33. The Hall–Kier alpha value is -0.860. The monoisotopic (exact) mass is 292 g/mol. The van der Waals surface area contributed by atoms with Crippen LogP contribution < -0.4 is 0 Å². The zero-order valence-electron chi connectivity index (χ0n) is 14.2. The summed E-state index contributed by atoms with van der Waals surface area (Å²) < 4.78 is 11.3. The molecule has 0 fully saturated rings. The van der Waals surface area contributed by atoms with Crippen LogP contribution in [-0.2, 0) is 9.47 Å². The molecule has 21 heavy (non-hydrogen) atoms. The van der Waals surface area contributed by atoms with Gasteiger partial charge in [0.15, 0.2) is 0 Å². The Labute approximate surface area is 130 Å². The van der Waals surface area contributed by atoms with Crippen molar-refractivity contribution in [2.24, 2.45) is 5.92 Å². The van der Waals surface area contributed by atoms with E-state index in [1.165, 1.54) is 31.2 Å². The maximum atomic E-state index is 5.85. The molecular formula is C19H32O2. The second-order valence-electron chi connectivity index (χ2n) is 5.90. The number of hydrogen-bond donors (Lipinski definition) is 0. The zero-order valence-corrected chi connectivity index (χ0v) is 14.2. The van der Waals surface area contributed by atoms with Crippen molar-refractivity contribution < 1.29 is 9.47 Å². The Kier molecular flexibility index (Phi) is 9.36. The molecule has 0 aromatic heterocycles. The van der Waals surface area contributed by atoms with E-state index in [1.807, 2.05) is 7.11 Å². The summed E-state index contributed by atoms with van der Waals surface area (Å²) in [5, 5.41) is 0. The van der Waals surface area contributed by atoms with E-state index < -0.39 is 0 Å². The standard InChI is InChI=1S/C19H32O2/c1-5-7-11-16(6-2)14-19(21-4)18(15-20-3)17-12-9-8-10-13-17/h8-10,12-13,16,18-19H,5-7,11,14-15H2,1-4H3. The molecule has 1 aromatic carbocycles. The molecule has 3 atom stereocenters. The van der Waals surface area contributed by atoms with Crippen molar-refractivity contribution in [1.29, 1.82) is 0 Å². The minimum absolute atomic E-state index is 0.231. The van der Waals surface area contributed by atoms with Gasteiger partial charge in [0.1, 0.15) is 0 Å². The van der Waals surface area contributed by atoms with E-state index in [2.05, 4.69) is 44.2 Å². The van der Waals surface area contributed by atoms with Gasteiger partial charge >= 0.3 is 0 Å². The van der Waals surface area contributed by atoms with E-state index in [1.54, 1.807) is 7.11 Å². The molecule has 0 aliphatic rings. The molecule has 2 nitrogen and oxygen atoms in total. The molecule has 2 heteroatoms. The first-order valence-corrected chi connectivity index (χ1v) is 8.33. The minimum Gasteiger partial charge on any atom is -0.384 e. The van der Waals surface area contributed by atoms with Crippen LogP contribution in [0.1, 0.15) is 57.4 Å². The first-order chi connectivity index (χ1) is 10.3. The van der Waals surface area contributed by atoms with Crippen LogP contribution in [0.2, 0.25) is 0 Å². The quantitative estimate of drug-likeness (QED) is 0.569. The molecule has 0 aliphatic carbocycles. The zero-order chi connectivity index (χ0) is 15.5. The van der Waals surface area contributed by atoms with Gasteiger partial charge in [0.25, 0.3) is 0 Å². The van der Waals surface area contributed by atoms with Crippen molar-refractivity contribution >= 4 is 0 Å². The van der Waals surface area contributed by atoms with Crippen molar-refractivity contribution in [3.05, 3.63) is 35.9 Å². The predicted octanol–water partition coefficient (Wildman–Crippen LogP) is 5.04.